The van der Waals surface area contributed by atoms with E-state index in [0.717, 1.165) is 5.92 Å². The van der Waals surface area contributed by atoms with Crippen molar-refractivity contribution in [2.24, 2.45) is 5.92 Å². The SMILES string of the molecule is CC1CC(NC(C)c2ccc(Cl)nc2)C1. The summed E-state index contributed by atoms with van der Waals surface area (Å²) in [6, 6.07) is 4.94. The summed E-state index contributed by atoms with van der Waals surface area (Å²) in [5, 5.41) is 4.16. The lowest BCUT2D eigenvalue weighted by atomic mass is 9.81. The van der Waals surface area contributed by atoms with E-state index in [2.05, 4.69) is 24.1 Å². The van der Waals surface area contributed by atoms with Crippen LogP contribution in [0, 0.1) is 5.92 Å². The smallest absolute Gasteiger partial charge is 0.129 e. The van der Waals surface area contributed by atoms with Crippen molar-refractivity contribution in [1.82, 2.24) is 10.3 Å². The van der Waals surface area contributed by atoms with Crippen molar-refractivity contribution >= 4 is 11.6 Å². The lowest BCUT2D eigenvalue weighted by Gasteiger charge is -2.35. The van der Waals surface area contributed by atoms with Gasteiger partial charge in [-0.25, -0.2) is 4.98 Å². The summed E-state index contributed by atoms with van der Waals surface area (Å²) >= 11 is 5.75. The molecule has 0 aliphatic heterocycles. The van der Waals surface area contributed by atoms with Gasteiger partial charge in [-0.05, 0) is 37.3 Å². The molecule has 1 unspecified atom stereocenters. The van der Waals surface area contributed by atoms with E-state index in [1.807, 2.05) is 18.3 Å². The van der Waals surface area contributed by atoms with Crippen molar-refractivity contribution in [1.29, 1.82) is 0 Å². The average molecular weight is 225 g/mol. The van der Waals surface area contributed by atoms with Gasteiger partial charge in [-0.1, -0.05) is 24.6 Å². The molecule has 1 aliphatic carbocycles. The molecular formula is C12H17ClN2. The van der Waals surface area contributed by atoms with Gasteiger partial charge in [-0.3, -0.25) is 0 Å². The Kier molecular flexibility index (Phi) is 3.27. The zero-order valence-corrected chi connectivity index (χ0v) is 9.96. The molecule has 0 radical (unpaired) electrons. The van der Waals surface area contributed by atoms with Crippen LogP contribution in [0.1, 0.15) is 38.3 Å². The Morgan fingerprint density at radius 3 is 2.73 bits per heavy atom. The van der Waals surface area contributed by atoms with Crippen molar-refractivity contribution in [2.75, 3.05) is 0 Å². The number of nitrogens with zero attached hydrogens (tertiary/aromatic N) is 1. The van der Waals surface area contributed by atoms with Gasteiger partial charge in [0.15, 0.2) is 0 Å². The number of halogens is 1. The summed E-state index contributed by atoms with van der Waals surface area (Å²) in [7, 11) is 0. The van der Waals surface area contributed by atoms with Crippen LogP contribution in [0.2, 0.25) is 5.15 Å². The van der Waals surface area contributed by atoms with E-state index in [0.29, 0.717) is 17.2 Å². The molecule has 1 heterocycles. The molecule has 0 amide bonds. The van der Waals surface area contributed by atoms with Gasteiger partial charge in [-0.15, -0.1) is 0 Å². The predicted octanol–water partition coefficient (Wildman–Crippen LogP) is 3.18. The number of aromatic nitrogens is 1. The van der Waals surface area contributed by atoms with Crippen molar-refractivity contribution in [3.05, 3.63) is 29.0 Å². The van der Waals surface area contributed by atoms with Crippen LogP contribution in [0.15, 0.2) is 18.3 Å². The second kappa shape index (κ2) is 4.50. The fraction of sp³-hybridized carbons (Fsp3) is 0.583. The minimum atomic E-state index is 0.368. The summed E-state index contributed by atoms with van der Waals surface area (Å²) in [6.07, 6.45) is 4.44. The van der Waals surface area contributed by atoms with Crippen LogP contribution in [-0.2, 0) is 0 Å². The van der Waals surface area contributed by atoms with Gasteiger partial charge in [0.1, 0.15) is 5.15 Å². The van der Waals surface area contributed by atoms with Crippen LogP contribution >= 0.6 is 11.6 Å². The molecule has 0 spiro atoms. The first kappa shape index (κ1) is 10.9. The minimum Gasteiger partial charge on any atom is -0.307 e. The Morgan fingerprint density at radius 1 is 1.47 bits per heavy atom. The molecule has 15 heavy (non-hydrogen) atoms. The fourth-order valence-corrected chi connectivity index (χ4v) is 2.24. The van der Waals surface area contributed by atoms with Crippen LogP contribution in [0.5, 0.6) is 0 Å². The van der Waals surface area contributed by atoms with Gasteiger partial charge < -0.3 is 5.32 Å². The monoisotopic (exact) mass is 224 g/mol. The van der Waals surface area contributed by atoms with E-state index in [9.17, 15) is 0 Å². The summed E-state index contributed by atoms with van der Waals surface area (Å²) in [6.45, 7) is 4.47. The van der Waals surface area contributed by atoms with Gasteiger partial charge in [0.2, 0.25) is 0 Å². The number of hydrogen-bond donors (Lipinski definition) is 1. The number of pyridine rings is 1. The lowest BCUT2D eigenvalue weighted by Crippen LogP contribution is -2.41. The average Bonchev–Trinajstić information content (AvgIpc) is 2.16. The van der Waals surface area contributed by atoms with E-state index in [4.69, 9.17) is 11.6 Å². The number of rotatable bonds is 3. The first-order valence-corrected chi connectivity index (χ1v) is 5.90. The molecule has 1 aromatic heterocycles. The molecule has 1 aliphatic rings. The second-order valence-corrected chi connectivity index (χ2v) is 4.96. The van der Waals surface area contributed by atoms with Crippen LogP contribution in [0.4, 0.5) is 0 Å². The highest BCUT2D eigenvalue weighted by atomic mass is 35.5. The first-order chi connectivity index (χ1) is 7.15. The molecule has 0 saturated heterocycles. The van der Waals surface area contributed by atoms with E-state index in [1.54, 1.807) is 0 Å². The summed E-state index contributed by atoms with van der Waals surface area (Å²) in [4.78, 5) is 4.09. The van der Waals surface area contributed by atoms with Crippen molar-refractivity contribution in [3.63, 3.8) is 0 Å². The highest BCUT2D eigenvalue weighted by Gasteiger charge is 2.26. The van der Waals surface area contributed by atoms with E-state index < -0.39 is 0 Å². The van der Waals surface area contributed by atoms with Crippen LogP contribution in [-0.4, -0.2) is 11.0 Å². The molecule has 0 aromatic carbocycles. The van der Waals surface area contributed by atoms with Crippen molar-refractivity contribution in [2.45, 2.75) is 38.8 Å². The van der Waals surface area contributed by atoms with Gasteiger partial charge in [-0.2, -0.15) is 0 Å². The van der Waals surface area contributed by atoms with Crippen LogP contribution in [0.3, 0.4) is 0 Å². The summed E-state index contributed by atoms with van der Waals surface area (Å²) in [5.41, 5.74) is 1.21. The molecule has 1 aromatic rings. The molecule has 82 valence electrons. The predicted molar refractivity (Wildman–Crippen MR) is 63.0 cm³/mol. The van der Waals surface area contributed by atoms with E-state index in [1.165, 1.54) is 18.4 Å². The maximum absolute atomic E-state index is 5.75. The lowest BCUT2D eigenvalue weighted by molar-refractivity contribution is 0.226. The quantitative estimate of drug-likeness (QED) is 0.798. The Morgan fingerprint density at radius 2 is 2.20 bits per heavy atom. The van der Waals surface area contributed by atoms with Crippen molar-refractivity contribution < 1.29 is 0 Å². The topological polar surface area (TPSA) is 24.9 Å². The Bertz CT molecular complexity index is 317. The number of nitrogens with one attached hydrogen (secondary N) is 1. The normalized spacial score (nSPS) is 27.1. The molecule has 0 bridgehead atoms. The van der Waals surface area contributed by atoms with Gasteiger partial charge in [0.25, 0.3) is 0 Å². The zero-order valence-electron chi connectivity index (χ0n) is 9.20. The largest absolute Gasteiger partial charge is 0.307 e. The second-order valence-electron chi connectivity index (χ2n) is 4.58. The third-order valence-electron chi connectivity index (χ3n) is 3.11. The van der Waals surface area contributed by atoms with Gasteiger partial charge in [0, 0.05) is 18.3 Å². The summed E-state index contributed by atoms with van der Waals surface area (Å²) < 4.78 is 0. The number of hydrogen-bond acceptors (Lipinski definition) is 2. The molecule has 1 fully saturated rings. The van der Waals surface area contributed by atoms with E-state index >= 15 is 0 Å². The highest BCUT2D eigenvalue weighted by molar-refractivity contribution is 6.29. The molecule has 2 rings (SSSR count). The molecule has 1 N–H and O–H groups in total. The maximum Gasteiger partial charge on any atom is 0.129 e. The summed E-state index contributed by atoms with van der Waals surface area (Å²) in [5.74, 6) is 0.887. The molecule has 1 atom stereocenters. The fourth-order valence-electron chi connectivity index (χ4n) is 2.13. The highest BCUT2D eigenvalue weighted by Crippen LogP contribution is 2.28. The van der Waals surface area contributed by atoms with Gasteiger partial charge in [0.05, 0.1) is 0 Å². The zero-order chi connectivity index (χ0) is 10.8. The Hall–Kier alpha value is -0.600. The molecule has 1 saturated carbocycles. The Balaban J connectivity index is 1.90. The third-order valence-corrected chi connectivity index (χ3v) is 3.33. The third kappa shape index (κ3) is 2.70. The van der Waals surface area contributed by atoms with Crippen LogP contribution < -0.4 is 5.32 Å². The van der Waals surface area contributed by atoms with Crippen molar-refractivity contribution in [3.8, 4) is 0 Å². The Labute approximate surface area is 96.1 Å². The minimum absolute atomic E-state index is 0.368. The molecular weight excluding hydrogens is 208 g/mol. The maximum atomic E-state index is 5.75. The van der Waals surface area contributed by atoms with E-state index in [-0.39, 0.29) is 0 Å². The molecule has 3 heteroatoms. The first-order valence-electron chi connectivity index (χ1n) is 5.52. The molecule has 2 nitrogen and oxygen atoms in total. The van der Waals surface area contributed by atoms with Gasteiger partial charge >= 0.3 is 0 Å². The standard InChI is InChI=1S/C12H17ClN2/c1-8-5-11(6-8)15-9(2)10-3-4-12(13)14-7-10/h3-4,7-9,11,15H,5-6H2,1-2H3. The van der Waals surface area contributed by atoms with Crippen LogP contribution in [0.25, 0.3) is 0 Å².